The zero-order valence-electron chi connectivity index (χ0n) is 14.6. The van der Waals surface area contributed by atoms with Crippen LogP contribution in [0.5, 0.6) is 0 Å². The molecule has 0 amide bonds. The SMILES string of the molecule is Cc1ccc(C2=NC3=C(C#N)C(=N)N=C4Nc5ccccc5C(=C2)C43)cc1. The average Bonchev–Trinajstić information content (AvgIpc) is 2.68. The lowest BCUT2D eigenvalue weighted by molar-refractivity contribution is 0.964. The highest BCUT2D eigenvalue weighted by molar-refractivity contribution is 6.26. The van der Waals surface area contributed by atoms with Crippen molar-refractivity contribution in [2.45, 2.75) is 6.92 Å². The number of hydrogen-bond acceptors (Lipinski definition) is 4. The minimum atomic E-state index is -0.238. The maximum absolute atomic E-state index is 9.62. The molecule has 0 aromatic heterocycles. The number of fused-ring (bicyclic) bond motifs is 2. The smallest absolute Gasteiger partial charge is 0.166 e. The van der Waals surface area contributed by atoms with E-state index in [-0.39, 0.29) is 17.3 Å². The molecule has 0 spiro atoms. The van der Waals surface area contributed by atoms with Gasteiger partial charge in [0.25, 0.3) is 0 Å². The molecule has 0 saturated carbocycles. The standard InChI is InChI=1S/C22H15N5/c1-12-6-8-13(9-7-12)18-10-15-14-4-2-3-5-17(14)26-22-19(15)20(25-18)16(11-23)21(24)27-22/h2-10,19H,1H3,(H2,24,26,27). The van der Waals surface area contributed by atoms with E-state index in [1.165, 1.54) is 5.56 Å². The molecule has 3 aliphatic rings. The Morgan fingerprint density at radius 1 is 1.07 bits per heavy atom. The number of allylic oxidation sites excluding steroid dienone is 1. The van der Waals surface area contributed by atoms with Gasteiger partial charge in [-0.1, -0.05) is 48.0 Å². The molecule has 0 aliphatic carbocycles. The summed E-state index contributed by atoms with van der Waals surface area (Å²) in [6.07, 6.45) is 2.08. The molecule has 128 valence electrons. The molecular weight excluding hydrogens is 334 g/mol. The van der Waals surface area contributed by atoms with E-state index in [0.717, 1.165) is 28.1 Å². The molecular formula is C22H15N5. The molecule has 1 unspecified atom stereocenters. The predicted molar refractivity (Wildman–Crippen MR) is 107 cm³/mol. The van der Waals surface area contributed by atoms with E-state index in [1.807, 2.05) is 49.4 Å². The zero-order chi connectivity index (χ0) is 18.5. The first kappa shape index (κ1) is 15.5. The van der Waals surface area contributed by atoms with Gasteiger partial charge in [-0.2, -0.15) is 5.26 Å². The molecule has 2 N–H and O–H groups in total. The van der Waals surface area contributed by atoms with Crippen molar-refractivity contribution in [1.82, 2.24) is 0 Å². The van der Waals surface area contributed by atoms with E-state index in [2.05, 4.69) is 28.5 Å². The topological polar surface area (TPSA) is 84.4 Å². The first-order chi connectivity index (χ1) is 13.2. The molecule has 5 heteroatoms. The number of amidine groups is 2. The number of benzene rings is 2. The van der Waals surface area contributed by atoms with Crippen LogP contribution in [0.4, 0.5) is 5.69 Å². The zero-order valence-corrected chi connectivity index (χ0v) is 14.6. The number of nitrogens with zero attached hydrogens (tertiary/aromatic N) is 3. The number of dihydropyridines is 2. The van der Waals surface area contributed by atoms with Crippen LogP contribution in [0.2, 0.25) is 0 Å². The van der Waals surface area contributed by atoms with E-state index < -0.39 is 0 Å². The lowest BCUT2D eigenvalue weighted by Gasteiger charge is -2.35. The summed E-state index contributed by atoms with van der Waals surface area (Å²) in [4.78, 5) is 9.14. The van der Waals surface area contributed by atoms with Gasteiger partial charge in [0.1, 0.15) is 17.5 Å². The van der Waals surface area contributed by atoms with Crippen molar-refractivity contribution < 1.29 is 0 Å². The summed E-state index contributed by atoms with van der Waals surface area (Å²) < 4.78 is 0. The van der Waals surface area contributed by atoms with Crippen LogP contribution in [-0.2, 0) is 0 Å². The lowest BCUT2D eigenvalue weighted by atomic mass is 9.79. The fourth-order valence-electron chi connectivity index (χ4n) is 3.74. The maximum Gasteiger partial charge on any atom is 0.166 e. The van der Waals surface area contributed by atoms with Gasteiger partial charge >= 0.3 is 0 Å². The third-order valence-corrected chi connectivity index (χ3v) is 5.08. The van der Waals surface area contributed by atoms with Gasteiger partial charge in [0.2, 0.25) is 0 Å². The van der Waals surface area contributed by atoms with Crippen molar-refractivity contribution in [3.05, 3.63) is 82.6 Å². The van der Waals surface area contributed by atoms with Crippen molar-refractivity contribution in [2.24, 2.45) is 15.9 Å². The molecule has 0 radical (unpaired) electrons. The summed E-state index contributed by atoms with van der Waals surface area (Å²) in [5.41, 5.74) is 6.89. The minimum Gasteiger partial charge on any atom is -0.342 e. The number of aryl methyl sites for hydroxylation is 1. The average molecular weight is 349 g/mol. The van der Waals surface area contributed by atoms with Crippen LogP contribution in [0.1, 0.15) is 16.7 Å². The van der Waals surface area contributed by atoms with Gasteiger partial charge in [-0.05, 0) is 24.6 Å². The molecule has 5 rings (SSSR count). The first-order valence-electron chi connectivity index (χ1n) is 8.71. The van der Waals surface area contributed by atoms with Gasteiger partial charge in [-0.25, -0.2) is 4.99 Å². The molecule has 1 atom stereocenters. The Kier molecular flexibility index (Phi) is 3.22. The number of anilines is 1. The van der Waals surface area contributed by atoms with Crippen molar-refractivity contribution in [3.63, 3.8) is 0 Å². The number of para-hydroxylation sites is 1. The fourth-order valence-corrected chi connectivity index (χ4v) is 3.74. The monoisotopic (exact) mass is 349 g/mol. The Morgan fingerprint density at radius 3 is 2.63 bits per heavy atom. The number of rotatable bonds is 1. The van der Waals surface area contributed by atoms with Crippen molar-refractivity contribution >= 4 is 28.6 Å². The van der Waals surface area contributed by atoms with Crippen LogP contribution < -0.4 is 5.32 Å². The van der Waals surface area contributed by atoms with Crippen molar-refractivity contribution in [3.8, 4) is 6.07 Å². The summed E-state index contributed by atoms with van der Waals surface area (Å²) in [7, 11) is 0. The fraction of sp³-hybridized carbons (Fsp3) is 0.0909. The van der Waals surface area contributed by atoms with Gasteiger partial charge in [-0.3, -0.25) is 10.4 Å². The second-order valence-electron chi connectivity index (χ2n) is 6.78. The van der Waals surface area contributed by atoms with E-state index in [4.69, 9.17) is 10.4 Å². The Hall–Kier alpha value is -3.78. The second-order valence-corrected chi connectivity index (χ2v) is 6.78. The van der Waals surface area contributed by atoms with Crippen molar-refractivity contribution in [2.75, 3.05) is 5.32 Å². The van der Waals surface area contributed by atoms with Crippen LogP contribution in [0.25, 0.3) is 5.57 Å². The number of hydrogen-bond donors (Lipinski definition) is 2. The summed E-state index contributed by atoms with van der Waals surface area (Å²) in [5, 5.41) is 21.1. The van der Waals surface area contributed by atoms with Gasteiger partial charge < -0.3 is 5.32 Å². The van der Waals surface area contributed by atoms with Crippen LogP contribution in [0.3, 0.4) is 0 Å². The van der Waals surface area contributed by atoms with Gasteiger partial charge in [0.05, 0.1) is 17.3 Å². The molecule has 5 nitrogen and oxygen atoms in total. The largest absolute Gasteiger partial charge is 0.342 e. The molecule has 0 saturated heterocycles. The van der Waals surface area contributed by atoms with Gasteiger partial charge in [-0.15, -0.1) is 0 Å². The van der Waals surface area contributed by atoms with Crippen LogP contribution in [0.15, 0.2) is 75.9 Å². The third-order valence-electron chi connectivity index (χ3n) is 5.08. The lowest BCUT2D eigenvalue weighted by Crippen LogP contribution is -2.37. The highest BCUT2D eigenvalue weighted by Gasteiger charge is 2.40. The summed E-state index contributed by atoms with van der Waals surface area (Å²) in [6.45, 7) is 2.05. The highest BCUT2D eigenvalue weighted by atomic mass is 15.1. The quantitative estimate of drug-likeness (QED) is 0.812. The summed E-state index contributed by atoms with van der Waals surface area (Å²) in [6, 6.07) is 18.3. The Morgan fingerprint density at radius 2 is 1.85 bits per heavy atom. The molecule has 2 aromatic rings. The third kappa shape index (κ3) is 2.27. The molecule has 0 fully saturated rings. The van der Waals surface area contributed by atoms with Crippen LogP contribution in [0, 0.1) is 29.6 Å². The maximum atomic E-state index is 9.62. The Balaban J connectivity index is 1.79. The second kappa shape index (κ2) is 5.61. The minimum absolute atomic E-state index is 0.0427. The van der Waals surface area contributed by atoms with Gasteiger partial charge in [0.15, 0.2) is 5.84 Å². The Bertz CT molecular complexity index is 1170. The highest BCUT2D eigenvalue weighted by Crippen LogP contribution is 2.44. The molecule has 0 bridgehead atoms. The van der Waals surface area contributed by atoms with Crippen molar-refractivity contribution in [1.29, 1.82) is 10.7 Å². The van der Waals surface area contributed by atoms with E-state index >= 15 is 0 Å². The normalized spacial score (nSPS) is 19.8. The van der Waals surface area contributed by atoms with E-state index in [0.29, 0.717) is 11.5 Å². The number of nitrogens with one attached hydrogen (secondary N) is 2. The van der Waals surface area contributed by atoms with E-state index in [1.54, 1.807) is 0 Å². The first-order valence-corrected chi connectivity index (χ1v) is 8.71. The van der Waals surface area contributed by atoms with Crippen LogP contribution in [-0.4, -0.2) is 17.4 Å². The number of aliphatic imine (C=N–C) groups is 2. The molecule has 2 aromatic carbocycles. The summed E-state index contributed by atoms with van der Waals surface area (Å²) >= 11 is 0. The molecule has 3 heterocycles. The molecule has 27 heavy (non-hydrogen) atoms. The van der Waals surface area contributed by atoms with Gasteiger partial charge in [0, 0.05) is 16.8 Å². The van der Waals surface area contributed by atoms with Crippen LogP contribution >= 0.6 is 0 Å². The summed E-state index contributed by atoms with van der Waals surface area (Å²) in [5.74, 6) is 0.377. The predicted octanol–water partition coefficient (Wildman–Crippen LogP) is 4.09. The van der Waals surface area contributed by atoms with E-state index in [9.17, 15) is 5.26 Å². The molecule has 3 aliphatic heterocycles. The Labute approximate surface area is 156 Å². The number of nitriles is 1.